The van der Waals surface area contributed by atoms with Crippen molar-refractivity contribution in [1.29, 1.82) is 0 Å². The van der Waals surface area contributed by atoms with Gasteiger partial charge in [0.2, 0.25) is 0 Å². The molecule has 0 amide bonds. The fraction of sp³-hybridized carbons (Fsp3) is 0.609. The van der Waals surface area contributed by atoms with Gasteiger partial charge in [-0.05, 0) is 81.2 Å². The number of hydrogen-bond donors (Lipinski definition) is 0. The molecule has 0 saturated carbocycles. The minimum atomic E-state index is 0.408. The number of fused-ring (bicyclic) bond motifs is 2. The monoisotopic (exact) mass is 364 g/mol. The number of benzene rings is 1. The van der Waals surface area contributed by atoms with Crippen LogP contribution in [0.3, 0.4) is 0 Å². The second kappa shape index (κ2) is 7.06. The van der Waals surface area contributed by atoms with Crippen LogP contribution < -0.4 is 0 Å². The predicted molar refractivity (Wildman–Crippen MR) is 109 cm³/mol. The standard InChI is InChI=1S/C23H32N4/c1-25-17-12-24-22(25)18-26-15-10-23(11-16-26)9-8-21(27-13-4-5-14-27)19-6-2-3-7-20(19)23/h2-3,6-7,12,17,21H,4-5,8-11,13-16,18H2,1H3. The summed E-state index contributed by atoms with van der Waals surface area (Å²) in [5, 5.41) is 0. The first-order chi connectivity index (χ1) is 13.3. The largest absolute Gasteiger partial charge is 0.337 e. The number of aromatic nitrogens is 2. The molecule has 2 aliphatic heterocycles. The van der Waals surface area contributed by atoms with Gasteiger partial charge in [0, 0.05) is 25.5 Å². The average Bonchev–Trinajstić information content (AvgIpc) is 3.37. The molecule has 0 bridgehead atoms. The second-order valence-electron chi connectivity index (χ2n) is 8.90. The van der Waals surface area contributed by atoms with Crippen LogP contribution in [0.2, 0.25) is 0 Å². The lowest BCUT2D eigenvalue weighted by Gasteiger charge is -2.48. The molecule has 2 saturated heterocycles. The maximum absolute atomic E-state index is 4.52. The molecular formula is C23H32N4. The first-order valence-corrected chi connectivity index (χ1v) is 10.8. The topological polar surface area (TPSA) is 24.3 Å². The summed E-state index contributed by atoms with van der Waals surface area (Å²) in [4.78, 5) is 9.87. The molecule has 2 aromatic rings. The molecule has 1 unspecified atom stereocenters. The van der Waals surface area contributed by atoms with E-state index in [4.69, 9.17) is 0 Å². The molecule has 1 aromatic heterocycles. The zero-order valence-electron chi connectivity index (χ0n) is 16.6. The lowest BCUT2D eigenvalue weighted by molar-refractivity contribution is 0.114. The highest BCUT2D eigenvalue weighted by Crippen LogP contribution is 2.49. The van der Waals surface area contributed by atoms with E-state index in [1.807, 2.05) is 6.20 Å². The Balaban J connectivity index is 1.34. The van der Waals surface area contributed by atoms with E-state index in [1.165, 1.54) is 70.5 Å². The van der Waals surface area contributed by atoms with Crippen molar-refractivity contribution in [1.82, 2.24) is 19.4 Å². The number of nitrogens with zero attached hydrogens (tertiary/aromatic N) is 4. The molecule has 3 aliphatic rings. The highest BCUT2D eigenvalue weighted by Gasteiger charge is 2.43. The van der Waals surface area contributed by atoms with Gasteiger partial charge < -0.3 is 4.57 Å². The summed E-state index contributed by atoms with van der Waals surface area (Å²) in [6.45, 7) is 5.95. The van der Waals surface area contributed by atoms with Gasteiger partial charge >= 0.3 is 0 Å². The molecule has 0 N–H and O–H groups in total. The minimum absolute atomic E-state index is 0.408. The quantitative estimate of drug-likeness (QED) is 0.826. The Kier molecular flexibility index (Phi) is 4.57. The maximum Gasteiger partial charge on any atom is 0.122 e. The van der Waals surface area contributed by atoms with Gasteiger partial charge in [-0.15, -0.1) is 0 Å². The summed E-state index contributed by atoms with van der Waals surface area (Å²) < 4.78 is 2.15. The number of imidazole rings is 1. The van der Waals surface area contributed by atoms with Gasteiger partial charge in [0.15, 0.2) is 0 Å². The van der Waals surface area contributed by atoms with Crippen LogP contribution in [0.1, 0.15) is 61.5 Å². The summed E-state index contributed by atoms with van der Waals surface area (Å²) in [5.41, 5.74) is 3.72. The third-order valence-corrected chi connectivity index (χ3v) is 7.47. The van der Waals surface area contributed by atoms with Crippen molar-refractivity contribution >= 4 is 0 Å². The van der Waals surface area contributed by atoms with Crippen LogP contribution in [-0.2, 0) is 19.0 Å². The molecule has 1 spiro atoms. The van der Waals surface area contributed by atoms with Crippen LogP contribution >= 0.6 is 0 Å². The average molecular weight is 365 g/mol. The summed E-state index contributed by atoms with van der Waals surface area (Å²) in [6.07, 6.45) is 12.0. The van der Waals surface area contributed by atoms with Gasteiger partial charge in [-0.3, -0.25) is 9.80 Å². The van der Waals surface area contributed by atoms with Crippen LogP contribution in [0.15, 0.2) is 36.7 Å². The zero-order chi connectivity index (χ0) is 18.3. The Morgan fingerprint density at radius 2 is 1.81 bits per heavy atom. The third-order valence-electron chi connectivity index (χ3n) is 7.47. The van der Waals surface area contributed by atoms with Gasteiger partial charge in [0.1, 0.15) is 5.82 Å². The highest BCUT2D eigenvalue weighted by molar-refractivity contribution is 5.40. The second-order valence-corrected chi connectivity index (χ2v) is 8.90. The number of likely N-dealkylation sites (tertiary alicyclic amines) is 2. The fourth-order valence-electron chi connectivity index (χ4n) is 5.81. The molecule has 0 radical (unpaired) electrons. The fourth-order valence-corrected chi connectivity index (χ4v) is 5.81. The highest BCUT2D eigenvalue weighted by atomic mass is 15.2. The summed E-state index contributed by atoms with van der Waals surface area (Å²) >= 11 is 0. The van der Waals surface area contributed by atoms with Crippen LogP contribution in [0, 0.1) is 0 Å². The zero-order valence-corrected chi connectivity index (χ0v) is 16.6. The number of piperidine rings is 1. The summed E-state index contributed by atoms with van der Waals surface area (Å²) in [7, 11) is 2.10. The van der Waals surface area contributed by atoms with Crippen molar-refractivity contribution in [3.8, 4) is 0 Å². The summed E-state index contributed by atoms with van der Waals surface area (Å²) in [5.74, 6) is 1.18. The molecule has 2 fully saturated rings. The van der Waals surface area contributed by atoms with E-state index in [1.54, 1.807) is 11.1 Å². The van der Waals surface area contributed by atoms with Gasteiger partial charge in [0.05, 0.1) is 6.54 Å². The SMILES string of the molecule is Cn1ccnc1CN1CCC2(CCC(N3CCCC3)c3ccccc32)CC1. The van der Waals surface area contributed by atoms with E-state index < -0.39 is 0 Å². The first-order valence-electron chi connectivity index (χ1n) is 10.8. The Morgan fingerprint density at radius 3 is 2.56 bits per heavy atom. The molecule has 1 aliphatic carbocycles. The van der Waals surface area contributed by atoms with Crippen molar-refractivity contribution in [2.45, 2.75) is 56.5 Å². The van der Waals surface area contributed by atoms with E-state index in [2.05, 4.69) is 56.9 Å². The van der Waals surface area contributed by atoms with E-state index in [0.717, 1.165) is 6.54 Å². The van der Waals surface area contributed by atoms with Gasteiger partial charge in [-0.1, -0.05) is 24.3 Å². The van der Waals surface area contributed by atoms with Gasteiger partial charge in [0.25, 0.3) is 0 Å². The Hall–Kier alpha value is -1.65. The van der Waals surface area contributed by atoms with Crippen molar-refractivity contribution in [3.05, 3.63) is 53.6 Å². The molecule has 4 nitrogen and oxygen atoms in total. The van der Waals surface area contributed by atoms with E-state index in [9.17, 15) is 0 Å². The van der Waals surface area contributed by atoms with Crippen molar-refractivity contribution in [2.24, 2.45) is 7.05 Å². The maximum atomic E-state index is 4.52. The van der Waals surface area contributed by atoms with Crippen LogP contribution in [0.4, 0.5) is 0 Å². The molecule has 27 heavy (non-hydrogen) atoms. The first kappa shape index (κ1) is 17.4. The predicted octanol–water partition coefficient (Wildman–Crippen LogP) is 3.88. The summed E-state index contributed by atoms with van der Waals surface area (Å²) in [6, 6.07) is 10.1. The van der Waals surface area contributed by atoms with Crippen molar-refractivity contribution in [3.63, 3.8) is 0 Å². The van der Waals surface area contributed by atoms with Crippen LogP contribution in [0.5, 0.6) is 0 Å². The van der Waals surface area contributed by atoms with Crippen LogP contribution in [-0.4, -0.2) is 45.5 Å². The van der Waals surface area contributed by atoms with Crippen molar-refractivity contribution in [2.75, 3.05) is 26.2 Å². The van der Waals surface area contributed by atoms with E-state index in [0.29, 0.717) is 11.5 Å². The number of hydrogen-bond acceptors (Lipinski definition) is 3. The molecule has 5 rings (SSSR count). The van der Waals surface area contributed by atoms with Crippen molar-refractivity contribution < 1.29 is 0 Å². The van der Waals surface area contributed by atoms with E-state index >= 15 is 0 Å². The van der Waals surface area contributed by atoms with E-state index in [-0.39, 0.29) is 0 Å². The smallest absolute Gasteiger partial charge is 0.122 e. The third kappa shape index (κ3) is 3.13. The number of aryl methyl sites for hydroxylation is 1. The molecule has 4 heteroatoms. The lowest BCUT2D eigenvalue weighted by atomic mass is 9.63. The van der Waals surface area contributed by atoms with Gasteiger partial charge in [-0.25, -0.2) is 4.98 Å². The Labute approximate surface area is 163 Å². The van der Waals surface area contributed by atoms with Gasteiger partial charge in [-0.2, -0.15) is 0 Å². The molecule has 3 heterocycles. The Morgan fingerprint density at radius 1 is 1.04 bits per heavy atom. The van der Waals surface area contributed by atoms with Crippen LogP contribution in [0.25, 0.3) is 0 Å². The molecular weight excluding hydrogens is 332 g/mol. The minimum Gasteiger partial charge on any atom is -0.337 e. The molecule has 1 atom stereocenters. The number of rotatable bonds is 3. The molecule has 1 aromatic carbocycles. The Bertz CT molecular complexity index is 781. The lowest BCUT2D eigenvalue weighted by Crippen LogP contribution is -2.46. The molecule has 144 valence electrons. The normalized spacial score (nSPS) is 25.7.